The van der Waals surface area contributed by atoms with E-state index in [0.29, 0.717) is 41.7 Å². The first kappa shape index (κ1) is 23.9. The number of aromatic amines is 1. The first-order valence-corrected chi connectivity index (χ1v) is 12.7. The number of allylic oxidation sites excluding steroid dienone is 3. The number of piperazine rings is 1. The summed E-state index contributed by atoms with van der Waals surface area (Å²) >= 11 is 17.7. The Morgan fingerprint density at radius 1 is 1.06 bits per heavy atom. The Bertz CT molecular complexity index is 1350. The van der Waals surface area contributed by atoms with E-state index in [-0.39, 0.29) is 11.8 Å². The molecule has 0 radical (unpaired) electrons. The lowest BCUT2D eigenvalue weighted by Gasteiger charge is -2.37. The summed E-state index contributed by atoms with van der Waals surface area (Å²) < 4.78 is 2.30. The van der Waals surface area contributed by atoms with Gasteiger partial charge in [-0.25, -0.2) is 0 Å². The lowest BCUT2D eigenvalue weighted by molar-refractivity contribution is -0.134. The van der Waals surface area contributed by atoms with Crippen LogP contribution in [0.15, 0.2) is 66.8 Å². The summed E-state index contributed by atoms with van der Waals surface area (Å²) in [5, 5.41) is 4.70. The first-order valence-electron chi connectivity index (χ1n) is 11.6. The third kappa shape index (κ3) is 5.53. The molecule has 1 amide bonds. The number of hydrogen-bond acceptors (Lipinski definition) is 4. The molecule has 35 heavy (non-hydrogen) atoms. The molecule has 2 aromatic carbocycles. The molecule has 1 atom stereocenters. The largest absolute Gasteiger partial charge is 0.368 e. The molecule has 1 fully saturated rings. The van der Waals surface area contributed by atoms with Crippen LogP contribution in [-0.4, -0.2) is 51.8 Å². The van der Waals surface area contributed by atoms with Gasteiger partial charge in [0.1, 0.15) is 0 Å². The van der Waals surface area contributed by atoms with E-state index >= 15 is 0 Å². The van der Waals surface area contributed by atoms with Gasteiger partial charge in [-0.3, -0.25) is 14.6 Å². The summed E-state index contributed by atoms with van der Waals surface area (Å²) in [6, 6.07) is 15.5. The fraction of sp³-hybridized carbons (Fsp3) is 0.269. The van der Waals surface area contributed by atoms with Gasteiger partial charge in [0.2, 0.25) is 10.7 Å². The molecule has 1 aromatic heterocycles. The monoisotopic (exact) mass is 525 g/mol. The lowest BCUT2D eigenvalue weighted by atomic mass is 9.95. The van der Waals surface area contributed by atoms with Gasteiger partial charge in [-0.1, -0.05) is 59.6 Å². The number of carbonyl (C=O) groups is 1. The van der Waals surface area contributed by atoms with Crippen molar-refractivity contribution >= 4 is 52.6 Å². The van der Waals surface area contributed by atoms with Gasteiger partial charge < -0.3 is 9.80 Å². The topological polar surface area (TPSA) is 57.2 Å². The van der Waals surface area contributed by atoms with Crippen LogP contribution in [-0.2, 0) is 11.3 Å². The van der Waals surface area contributed by atoms with Crippen molar-refractivity contribution in [1.82, 2.24) is 19.7 Å². The van der Waals surface area contributed by atoms with E-state index in [1.165, 1.54) is 0 Å². The summed E-state index contributed by atoms with van der Waals surface area (Å²) in [4.78, 5) is 21.9. The molecule has 0 bridgehead atoms. The predicted molar refractivity (Wildman–Crippen MR) is 143 cm³/mol. The number of H-pyrrole nitrogens is 1. The van der Waals surface area contributed by atoms with Crippen molar-refractivity contribution in [3.05, 3.63) is 93.0 Å². The van der Waals surface area contributed by atoms with Crippen molar-refractivity contribution in [2.45, 2.75) is 13.0 Å². The van der Waals surface area contributed by atoms with E-state index in [1.807, 2.05) is 64.2 Å². The van der Waals surface area contributed by atoms with E-state index in [1.54, 1.807) is 0 Å². The van der Waals surface area contributed by atoms with Crippen LogP contribution in [0.4, 0.5) is 5.69 Å². The smallest absolute Gasteiger partial charge is 0.229 e. The molecule has 5 rings (SSSR count). The number of hydrogen-bond donors (Lipinski definition) is 1. The summed E-state index contributed by atoms with van der Waals surface area (Å²) in [6.07, 6.45) is 6.64. The Balaban J connectivity index is 1.18. The van der Waals surface area contributed by atoms with Crippen LogP contribution in [0.1, 0.15) is 17.8 Å². The molecular formula is C26H25Cl2N5OS. The molecule has 3 aromatic rings. The van der Waals surface area contributed by atoms with Crippen LogP contribution in [0.2, 0.25) is 10.0 Å². The zero-order chi connectivity index (χ0) is 24.4. The summed E-state index contributed by atoms with van der Waals surface area (Å²) in [7, 11) is 0. The molecule has 9 heteroatoms. The van der Waals surface area contributed by atoms with Crippen LogP contribution >= 0.6 is 35.4 Å². The second kappa shape index (κ2) is 10.4. The average Bonchev–Trinajstić information content (AvgIpc) is 3.24. The summed E-state index contributed by atoms with van der Waals surface area (Å²) in [5.74, 6) is 0.712. The normalized spacial score (nSPS) is 18.0. The lowest BCUT2D eigenvalue weighted by Crippen LogP contribution is -2.50. The number of nitrogens with one attached hydrogen (secondary N) is 1. The fourth-order valence-corrected chi connectivity index (χ4v) is 5.08. The van der Waals surface area contributed by atoms with Crippen molar-refractivity contribution < 1.29 is 4.79 Å². The minimum Gasteiger partial charge on any atom is -0.368 e. The van der Waals surface area contributed by atoms with E-state index in [2.05, 4.69) is 27.1 Å². The van der Waals surface area contributed by atoms with Crippen molar-refractivity contribution in [3.63, 3.8) is 0 Å². The molecule has 1 saturated heterocycles. The number of halogens is 2. The Morgan fingerprint density at radius 3 is 2.49 bits per heavy atom. The molecule has 1 unspecified atom stereocenters. The van der Waals surface area contributed by atoms with E-state index in [9.17, 15) is 4.79 Å². The standard InChI is InChI=1S/C26H25Cl2N5OS/c27-21-4-1-3-18(15-21)17-33-26(35)29-24(30-33)19-7-9-20(10-8-19)25(34)32-13-11-31(12-14-32)23-6-2-5-22(28)16-23/h1-9,15-16,20H,10-14,17H2,(H,29,30,35). The quantitative estimate of drug-likeness (QED) is 0.440. The molecule has 1 aliphatic heterocycles. The molecule has 0 spiro atoms. The number of aromatic nitrogens is 3. The molecule has 180 valence electrons. The Labute approximate surface area is 219 Å². The molecule has 2 heterocycles. The number of amides is 1. The van der Waals surface area contributed by atoms with Crippen molar-refractivity contribution in [2.24, 2.45) is 5.92 Å². The van der Waals surface area contributed by atoms with Gasteiger partial charge in [-0.2, -0.15) is 4.98 Å². The van der Waals surface area contributed by atoms with Gasteiger partial charge in [0.05, 0.1) is 12.5 Å². The maximum Gasteiger partial charge on any atom is 0.229 e. The zero-order valence-electron chi connectivity index (χ0n) is 19.0. The number of benzene rings is 2. The third-order valence-electron chi connectivity index (χ3n) is 6.36. The molecule has 1 aliphatic carbocycles. The summed E-state index contributed by atoms with van der Waals surface area (Å²) in [5.41, 5.74) is 3.08. The van der Waals surface area contributed by atoms with Gasteiger partial charge in [0.15, 0.2) is 5.82 Å². The number of anilines is 1. The highest BCUT2D eigenvalue weighted by Gasteiger charge is 2.27. The highest BCUT2D eigenvalue weighted by atomic mass is 35.5. The second-order valence-electron chi connectivity index (χ2n) is 8.72. The molecular weight excluding hydrogens is 501 g/mol. The SMILES string of the molecule is O=C(C1C=CC(c2nc(=S)n(Cc3cccc(Cl)c3)[nH]2)=CC1)N1CCN(c2cccc(Cl)c2)CC1. The number of carbonyl (C=O) groups excluding carboxylic acids is 1. The molecule has 6 nitrogen and oxygen atoms in total. The Morgan fingerprint density at radius 2 is 1.80 bits per heavy atom. The highest BCUT2D eigenvalue weighted by molar-refractivity contribution is 7.71. The molecule has 1 N–H and O–H groups in total. The summed E-state index contributed by atoms with van der Waals surface area (Å²) in [6.45, 7) is 3.56. The van der Waals surface area contributed by atoms with E-state index in [0.717, 1.165) is 34.9 Å². The minimum atomic E-state index is -0.159. The van der Waals surface area contributed by atoms with Crippen LogP contribution in [0.3, 0.4) is 0 Å². The van der Waals surface area contributed by atoms with Gasteiger partial charge in [0, 0.05) is 47.5 Å². The van der Waals surface area contributed by atoms with Crippen LogP contribution < -0.4 is 4.90 Å². The highest BCUT2D eigenvalue weighted by Crippen LogP contribution is 2.26. The van der Waals surface area contributed by atoms with Crippen molar-refractivity contribution in [2.75, 3.05) is 31.1 Å². The Hall–Kier alpha value is -2.87. The first-order chi connectivity index (χ1) is 17.0. The van der Waals surface area contributed by atoms with E-state index < -0.39 is 0 Å². The second-order valence-corrected chi connectivity index (χ2v) is 9.96. The van der Waals surface area contributed by atoms with Crippen LogP contribution in [0.25, 0.3) is 5.57 Å². The molecule has 0 saturated carbocycles. The maximum absolute atomic E-state index is 13.1. The number of rotatable bonds is 5. The van der Waals surface area contributed by atoms with Gasteiger partial charge in [-0.05, 0) is 54.5 Å². The van der Waals surface area contributed by atoms with Crippen LogP contribution in [0.5, 0.6) is 0 Å². The van der Waals surface area contributed by atoms with Crippen molar-refractivity contribution in [3.8, 4) is 0 Å². The zero-order valence-corrected chi connectivity index (χ0v) is 21.4. The third-order valence-corrected chi connectivity index (χ3v) is 7.15. The van der Waals surface area contributed by atoms with Gasteiger partial charge in [0.25, 0.3) is 0 Å². The minimum absolute atomic E-state index is 0.159. The average molecular weight is 526 g/mol. The van der Waals surface area contributed by atoms with Gasteiger partial charge >= 0.3 is 0 Å². The van der Waals surface area contributed by atoms with Crippen LogP contribution in [0, 0.1) is 10.7 Å². The number of nitrogens with zero attached hydrogens (tertiary/aromatic N) is 4. The Kier molecular flexibility index (Phi) is 7.09. The van der Waals surface area contributed by atoms with E-state index in [4.69, 9.17) is 35.4 Å². The van der Waals surface area contributed by atoms with Gasteiger partial charge in [-0.15, -0.1) is 0 Å². The predicted octanol–water partition coefficient (Wildman–Crippen LogP) is 5.60. The fourth-order valence-electron chi connectivity index (χ4n) is 4.48. The van der Waals surface area contributed by atoms with Crippen molar-refractivity contribution in [1.29, 1.82) is 0 Å². The maximum atomic E-state index is 13.1. The molecule has 2 aliphatic rings.